The second kappa shape index (κ2) is 4.89. The lowest BCUT2D eigenvalue weighted by atomic mass is 10.1. The molecular weight excluding hydrogens is 290 g/mol. The molecule has 0 saturated carbocycles. The van der Waals surface area contributed by atoms with Crippen molar-refractivity contribution in [2.45, 2.75) is 11.8 Å². The Morgan fingerprint density at radius 2 is 1.81 bits per heavy atom. The predicted molar refractivity (Wildman–Crippen MR) is 77.5 cm³/mol. The van der Waals surface area contributed by atoms with Crippen molar-refractivity contribution >= 4 is 9.84 Å². The van der Waals surface area contributed by atoms with Gasteiger partial charge in [-0.2, -0.15) is 0 Å². The minimum Gasteiger partial charge on any atom is -0.463 e. The average Bonchev–Trinajstić information content (AvgIpc) is 3.06. The standard InChI is InChI=1S/C15H13NO4S/c1-10-16-14(13-4-3-9-19-13)15(20-10)11-5-7-12(8-6-11)21(2,17)18/h3-9H,1-2H3. The van der Waals surface area contributed by atoms with Gasteiger partial charge in [-0.3, -0.25) is 0 Å². The fraction of sp³-hybridized carbons (Fsp3) is 0.133. The summed E-state index contributed by atoms with van der Waals surface area (Å²) in [6.45, 7) is 1.75. The maximum absolute atomic E-state index is 11.5. The second-order valence-corrected chi connectivity index (χ2v) is 6.70. The summed E-state index contributed by atoms with van der Waals surface area (Å²) < 4.78 is 34.0. The summed E-state index contributed by atoms with van der Waals surface area (Å²) in [4.78, 5) is 4.59. The maximum atomic E-state index is 11.5. The van der Waals surface area contributed by atoms with Crippen molar-refractivity contribution in [1.82, 2.24) is 4.98 Å². The number of aryl methyl sites for hydroxylation is 1. The number of aromatic nitrogens is 1. The van der Waals surface area contributed by atoms with Gasteiger partial charge in [0.1, 0.15) is 0 Å². The van der Waals surface area contributed by atoms with Crippen LogP contribution in [0.4, 0.5) is 0 Å². The number of nitrogens with zero attached hydrogens (tertiary/aromatic N) is 1. The lowest BCUT2D eigenvalue weighted by molar-refractivity contribution is 0.534. The highest BCUT2D eigenvalue weighted by molar-refractivity contribution is 7.90. The van der Waals surface area contributed by atoms with Gasteiger partial charge in [0.15, 0.2) is 32.9 Å². The molecular formula is C15H13NO4S. The van der Waals surface area contributed by atoms with E-state index in [0.29, 0.717) is 23.1 Å². The molecule has 0 aliphatic rings. The van der Waals surface area contributed by atoms with Crippen molar-refractivity contribution in [3.63, 3.8) is 0 Å². The summed E-state index contributed by atoms with van der Waals surface area (Å²) in [5, 5.41) is 0. The first-order chi connectivity index (χ1) is 9.95. The van der Waals surface area contributed by atoms with Crippen LogP contribution in [0.2, 0.25) is 0 Å². The summed E-state index contributed by atoms with van der Waals surface area (Å²) in [5.41, 5.74) is 1.35. The molecule has 0 atom stereocenters. The van der Waals surface area contributed by atoms with Gasteiger partial charge in [-0.05, 0) is 36.4 Å². The largest absolute Gasteiger partial charge is 0.463 e. The third kappa shape index (κ3) is 2.62. The zero-order valence-corrected chi connectivity index (χ0v) is 12.3. The number of oxazole rings is 1. The van der Waals surface area contributed by atoms with E-state index in [2.05, 4.69) is 4.98 Å². The van der Waals surface area contributed by atoms with Gasteiger partial charge in [0, 0.05) is 18.7 Å². The Morgan fingerprint density at radius 3 is 2.38 bits per heavy atom. The summed E-state index contributed by atoms with van der Waals surface area (Å²) in [7, 11) is -3.21. The van der Waals surface area contributed by atoms with E-state index in [0.717, 1.165) is 5.56 Å². The topological polar surface area (TPSA) is 73.3 Å². The highest BCUT2D eigenvalue weighted by Gasteiger charge is 2.17. The van der Waals surface area contributed by atoms with Crippen LogP contribution in [0, 0.1) is 6.92 Å². The zero-order valence-electron chi connectivity index (χ0n) is 11.5. The Kier molecular flexibility index (Phi) is 3.17. The molecule has 21 heavy (non-hydrogen) atoms. The normalized spacial score (nSPS) is 11.7. The molecule has 0 saturated heterocycles. The van der Waals surface area contributed by atoms with Crippen molar-refractivity contribution in [3.8, 4) is 22.8 Å². The van der Waals surface area contributed by atoms with Gasteiger partial charge < -0.3 is 8.83 Å². The quantitative estimate of drug-likeness (QED) is 0.742. The minimum atomic E-state index is -3.21. The average molecular weight is 303 g/mol. The van der Waals surface area contributed by atoms with Crippen LogP contribution in [0.15, 0.2) is 56.4 Å². The van der Waals surface area contributed by atoms with Crippen molar-refractivity contribution in [1.29, 1.82) is 0 Å². The number of hydrogen-bond acceptors (Lipinski definition) is 5. The fourth-order valence-corrected chi connectivity index (χ4v) is 2.69. The molecule has 3 rings (SSSR count). The second-order valence-electron chi connectivity index (χ2n) is 4.68. The van der Waals surface area contributed by atoms with Gasteiger partial charge in [0.05, 0.1) is 11.2 Å². The number of hydrogen-bond donors (Lipinski definition) is 0. The first kappa shape index (κ1) is 13.6. The van der Waals surface area contributed by atoms with Gasteiger partial charge in [-0.25, -0.2) is 13.4 Å². The van der Waals surface area contributed by atoms with Crippen molar-refractivity contribution in [3.05, 3.63) is 48.6 Å². The smallest absolute Gasteiger partial charge is 0.192 e. The molecule has 0 aliphatic heterocycles. The third-order valence-electron chi connectivity index (χ3n) is 3.03. The number of benzene rings is 1. The molecule has 0 fully saturated rings. The first-order valence-electron chi connectivity index (χ1n) is 6.27. The summed E-state index contributed by atoms with van der Waals surface area (Å²) in [5.74, 6) is 1.68. The Balaban J connectivity index is 2.09. The summed E-state index contributed by atoms with van der Waals surface area (Å²) in [6.07, 6.45) is 2.74. The van der Waals surface area contributed by atoms with Crippen molar-refractivity contribution in [2.24, 2.45) is 0 Å². The van der Waals surface area contributed by atoms with Gasteiger partial charge in [0.2, 0.25) is 0 Å². The summed E-state index contributed by atoms with van der Waals surface area (Å²) in [6, 6.07) is 10.1. The predicted octanol–water partition coefficient (Wildman–Crippen LogP) is 3.31. The Morgan fingerprint density at radius 1 is 1.10 bits per heavy atom. The minimum absolute atomic E-state index is 0.266. The van der Waals surface area contributed by atoms with E-state index < -0.39 is 9.84 Å². The highest BCUT2D eigenvalue weighted by Crippen LogP contribution is 2.33. The van der Waals surface area contributed by atoms with Crippen LogP contribution in [0.5, 0.6) is 0 Å². The molecule has 0 N–H and O–H groups in total. The van der Waals surface area contributed by atoms with Gasteiger partial charge >= 0.3 is 0 Å². The Bertz CT molecular complexity index is 859. The van der Waals surface area contributed by atoms with Gasteiger partial charge in [-0.15, -0.1) is 0 Å². The SMILES string of the molecule is Cc1nc(-c2ccco2)c(-c2ccc(S(C)(=O)=O)cc2)o1. The zero-order chi connectivity index (χ0) is 15.0. The van der Waals surface area contributed by atoms with Crippen LogP contribution in [-0.2, 0) is 9.84 Å². The molecule has 2 aromatic heterocycles. The Labute approximate surface area is 122 Å². The molecule has 1 aromatic carbocycles. The van der Waals surface area contributed by atoms with Crippen LogP contribution in [-0.4, -0.2) is 19.7 Å². The van der Waals surface area contributed by atoms with Crippen LogP contribution in [0.1, 0.15) is 5.89 Å². The lowest BCUT2D eigenvalue weighted by Crippen LogP contribution is -1.96. The van der Waals surface area contributed by atoms with Gasteiger partial charge in [0.25, 0.3) is 0 Å². The fourth-order valence-electron chi connectivity index (χ4n) is 2.06. The molecule has 6 heteroatoms. The van der Waals surface area contributed by atoms with Gasteiger partial charge in [-0.1, -0.05) is 0 Å². The first-order valence-corrected chi connectivity index (χ1v) is 8.16. The molecule has 0 bridgehead atoms. The highest BCUT2D eigenvalue weighted by atomic mass is 32.2. The summed E-state index contributed by atoms with van der Waals surface area (Å²) >= 11 is 0. The molecule has 0 spiro atoms. The molecule has 2 heterocycles. The molecule has 3 aromatic rings. The van der Waals surface area contributed by atoms with E-state index in [9.17, 15) is 8.42 Å². The third-order valence-corrected chi connectivity index (χ3v) is 4.16. The monoisotopic (exact) mass is 303 g/mol. The van der Waals surface area contributed by atoms with E-state index >= 15 is 0 Å². The van der Waals surface area contributed by atoms with E-state index in [4.69, 9.17) is 8.83 Å². The number of sulfone groups is 1. The molecule has 5 nitrogen and oxygen atoms in total. The molecule has 0 unspecified atom stereocenters. The van der Waals surface area contributed by atoms with E-state index in [-0.39, 0.29) is 4.90 Å². The van der Waals surface area contributed by atoms with Crippen molar-refractivity contribution < 1.29 is 17.3 Å². The van der Waals surface area contributed by atoms with Crippen LogP contribution >= 0.6 is 0 Å². The van der Waals surface area contributed by atoms with Crippen LogP contribution in [0.3, 0.4) is 0 Å². The van der Waals surface area contributed by atoms with Crippen molar-refractivity contribution in [2.75, 3.05) is 6.26 Å². The van der Waals surface area contributed by atoms with E-state index in [1.165, 1.54) is 6.26 Å². The molecule has 0 radical (unpaired) electrons. The molecule has 108 valence electrons. The van der Waals surface area contributed by atoms with E-state index in [1.54, 1.807) is 49.6 Å². The lowest BCUT2D eigenvalue weighted by Gasteiger charge is -2.01. The number of furan rings is 1. The van der Waals surface area contributed by atoms with Crippen LogP contribution in [0.25, 0.3) is 22.8 Å². The molecule has 0 aliphatic carbocycles. The molecule has 0 amide bonds. The van der Waals surface area contributed by atoms with E-state index in [1.807, 2.05) is 0 Å². The maximum Gasteiger partial charge on any atom is 0.192 e. The number of rotatable bonds is 3. The Hall–Kier alpha value is -2.34. The van der Waals surface area contributed by atoms with Crippen LogP contribution < -0.4 is 0 Å².